The molecule has 2 fully saturated rings. The third kappa shape index (κ3) is 6.08. The zero-order valence-electron chi connectivity index (χ0n) is 19.3. The molecule has 0 aliphatic heterocycles. The van der Waals surface area contributed by atoms with E-state index in [-0.39, 0.29) is 5.97 Å². The van der Waals surface area contributed by atoms with Crippen molar-refractivity contribution in [2.45, 2.75) is 92.2 Å². The maximum Gasteiger partial charge on any atom is 0.330 e. The molecule has 0 aromatic carbocycles. The van der Waals surface area contributed by atoms with Crippen LogP contribution in [-0.4, -0.2) is 36.1 Å². The van der Waals surface area contributed by atoms with Gasteiger partial charge in [0.1, 0.15) is 6.61 Å². The molecule has 0 saturated heterocycles. The van der Waals surface area contributed by atoms with Crippen molar-refractivity contribution in [3.05, 3.63) is 12.7 Å². The van der Waals surface area contributed by atoms with Crippen LogP contribution >= 0.6 is 0 Å². The fraction of sp³-hybridized carbons (Fsp3) is 0.880. The van der Waals surface area contributed by atoms with Crippen LogP contribution in [0, 0.1) is 35.5 Å². The SMILES string of the molecule is C=CC(=O)OCCN(C1CC(C)CCC1C(C)C)C1CC(C)CCC1C(C)C. The van der Waals surface area contributed by atoms with Crippen molar-refractivity contribution in [1.29, 1.82) is 0 Å². The van der Waals surface area contributed by atoms with Gasteiger partial charge in [-0.3, -0.25) is 4.90 Å². The monoisotopic (exact) mass is 391 g/mol. The summed E-state index contributed by atoms with van der Waals surface area (Å²) < 4.78 is 5.45. The molecule has 0 bridgehead atoms. The number of ether oxygens (including phenoxy) is 1. The van der Waals surface area contributed by atoms with Crippen molar-refractivity contribution in [1.82, 2.24) is 4.90 Å². The highest BCUT2D eigenvalue weighted by Gasteiger charge is 2.42. The normalized spacial score (nSPS) is 34.0. The quantitative estimate of drug-likeness (QED) is 0.379. The fourth-order valence-electron chi connectivity index (χ4n) is 5.95. The lowest BCUT2D eigenvalue weighted by Gasteiger charge is -2.51. The van der Waals surface area contributed by atoms with Crippen molar-refractivity contribution in [2.24, 2.45) is 35.5 Å². The molecule has 2 saturated carbocycles. The molecule has 3 heteroatoms. The summed E-state index contributed by atoms with van der Waals surface area (Å²) in [5.74, 6) is 4.18. The Hall–Kier alpha value is -0.830. The Morgan fingerprint density at radius 2 is 1.43 bits per heavy atom. The van der Waals surface area contributed by atoms with Crippen LogP contribution in [0.15, 0.2) is 12.7 Å². The molecule has 0 N–H and O–H groups in total. The number of hydrogen-bond acceptors (Lipinski definition) is 3. The summed E-state index contributed by atoms with van der Waals surface area (Å²) in [5.41, 5.74) is 0. The van der Waals surface area contributed by atoms with E-state index in [4.69, 9.17) is 4.74 Å². The third-order valence-electron chi connectivity index (χ3n) is 7.59. The van der Waals surface area contributed by atoms with Crippen LogP contribution in [0.1, 0.15) is 80.1 Å². The molecule has 2 aliphatic rings. The van der Waals surface area contributed by atoms with Crippen LogP contribution < -0.4 is 0 Å². The molecule has 0 heterocycles. The third-order valence-corrected chi connectivity index (χ3v) is 7.59. The van der Waals surface area contributed by atoms with Crippen LogP contribution in [0.5, 0.6) is 0 Å². The molecule has 162 valence electrons. The second-order valence-corrected chi connectivity index (χ2v) is 10.4. The van der Waals surface area contributed by atoms with Gasteiger partial charge in [-0.1, -0.05) is 61.0 Å². The molecule has 3 nitrogen and oxygen atoms in total. The summed E-state index contributed by atoms with van der Waals surface area (Å²) in [4.78, 5) is 14.4. The van der Waals surface area contributed by atoms with Gasteiger partial charge in [0.2, 0.25) is 0 Å². The predicted molar refractivity (Wildman–Crippen MR) is 118 cm³/mol. The summed E-state index contributed by atoms with van der Waals surface area (Å²) in [6.07, 6.45) is 9.23. The second-order valence-electron chi connectivity index (χ2n) is 10.4. The molecule has 0 amide bonds. The van der Waals surface area contributed by atoms with Gasteiger partial charge in [0.05, 0.1) is 0 Å². The van der Waals surface area contributed by atoms with E-state index in [9.17, 15) is 4.79 Å². The first-order valence-corrected chi connectivity index (χ1v) is 11.8. The number of carbonyl (C=O) groups excluding carboxylic acids is 1. The number of esters is 1. The molecule has 28 heavy (non-hydrogen) atoms. The van der Waals surface area contributed by atoms with Gasteiger partial charge in [0.15, 0.2) is 0 Å². The number of rotatable bonds is 8. The van der Waals surface area contributed by atoms with E-state index >= 15 is 0 Å². The van der Waals surface area contributed by atoms with Gasteiger partial charge >= 0.3 is 5.97 Å². The molecule has 6 atom stereocenters. The lowest BCUT2D eigenvalue weighted by Crippen LogP contribution is -2.56. The highest BCUT2D eigenvalue weighted by Crippen LogP contribution is 2.42. The number of nitrogens with zero attached hydrogens (tertiary/aromatic N) is 1. The minimum absolute atomic E-state index is 0.296. The number of carbonyl (C=O) groups is 1. The molecule has 0 spiro atoms. The summed E-state index contributed by atoms with van der Waals surface area (Å²) in [6, 6.07) is 1.23. The van der Waals surface area contributed by atoms with Gasteiger partial charge in [-0.2, -0.15) is 0 Å². The minimum atomic E-state index is -0.296. The maximum atomic E-state index is 11.6. The van der Waals surface area contributed by atoms with Crippen LogP contribution in [0.25, 0.3) is 0 Å². The highest BCUT2D eigenvalue weighted by molar-refractivity contribution is 5.81. The molecule has 2 rings (SSSR count). The first-order chi connectivity index (χ1) is 13.2. The van der Waals surface area contributed by atoms with Gasteiger partial charge in [-0.15, -0.1) is 0 Å². The maximum absolute atomic E-state index is 11.6. The smallest absolute Gasteiger partial charge is 0.330 e. The standard InChI is InChI=1S/C25H45NO2/c1-8-25(27)28-14-13-26(23-15-19(6)9-11-21(23)17(2)3)24-16-20(7)10-12-22(24)18(4)5/h8,17-24H,1,9-16H2,2-7H3. The molecular formula is C25H45NO2. The zero-order chi connectivity index (χ0) is 20.8. The Morgan fingerprint density at radius 3 is 1.82 bits per heavy atom. The molecule has 6 unspecified atom stereocenters. The van der Waals surface area contributed by atoms with Crippen LogP contribution in [0.3, 0.4) is 0 Å². The molecule has 0 aromatic rings. The molecule has 0 radical (unpaired) electrons. The van der Waals surface area contributed by atoms with E-state index in [1.807, 2.05) is 0 Å². The average Bonchev–Trinajstić information content (AvgIpc) is 2.64. The van der Waals surface area contributed by atoms with Crippen molar-refractivity contribution < 1.29 is 9.53 Å². The summed E-state index contributed by atoms with van der Waals surface area (Å²) in [6.45, 7) is 19.3. The predicted octanol–water partition coefficient (Wildman–Crippen LogP) is 5.94. The van der Waals surface area contributed by atoms with Crippen LogP contribution in [0.2, 0.25) is 0 Å². The first kappa shape index (κ1) is 23.4. The first-order valence-electron chi connectivity index (χ1n) is 11.8. The topological polar surface area (TPSA) is 29.5 Å². The average molecular weight is 392 g/mol. The van der Waals surface area contributed by atoms with Gasteiger partial charge in [0.25, 0.3) is 0 Å². The minimum Gasteiger partial charge on any atom is -0.461 e. The Balaban J connectivity index is 2.27. The zero-order valence-corrected chi connectivity index (χ0v) is 19.3. The van der Waals surface area contributed by atoms with Gasteiger partial charge in [-0.05, 0) is 61.2 Å². The van der Waals surface area contributed by atoms with Crippen LogP contribution in [0.4, 0.5) is 0 Å². The Morgan fingerprint density at radius 1 is 0.964 bits per heavy atom. The van der Waals surface area contributed by atoms with E-state index in [1.54, 1.807) is 0 Å². The second kappa shape index (κ2) is 10.8. The lowest BCUT2D eigenvalue weighted by molar-refractivity contribution is -0.139. The Bertz CT molecular complexity index is 469. The fourth-order valence-corrected chi connectivity index (χ4v) is 5.95. The van der Waals surface area contributed by atoms with Gasteiger partial charge < -0.3 is 4.74 Å². The van der Waals surface area contributed by atoms with E-state index in [0.717, 1.165) is 30.2 Å². The van der Waals surface area contributed by atoms with E-state index in [0.29, 0.717) is 30.5 Å². The van der Waals surface area contributed by atoms with Gasteiger partial charge in [0, 0.05) is 24.7 Å². The van der Waals surface area contributed by atoms with E-state index in [2.05, 4.69) is 53.0 Å². The van der Waals surface area contributed by atoms with Crippen molar-refractivity contribution >= 4 is 5.97 Å². The largest absolute Gasteiger partial charge is 0.461 e. The van der Waals surface area contributed by atoms with E-state index in [1.165, 1.54) is 44.6 Å². The Labute approximate surface area is 174 Å². The number of hydrogen-bond donors (Lipinski definition) is 0. The summed E-state index contributed by atoms with van der Waals surface area (Å²) in [5, 5.41) is 0. The van der Waals surface area contributed by atoms with Crippen molar-refractivity contribution in [3.8, 4) is 0 Å². The molecule has 2 aliphatic carbocycles. The lowest BCUT2D eigenvalue weighted by atomic mass is 9.69. The summed E-state index contributed by atoms with van der Waals surface area (Å²) >= 11 is 0. The molecule has 0 aromatic heterocycles. The highest BCUT2D eigenvalue weighted by atomic mass is 16.5. The Kier molecular flexibility index (Phi) is 9.05. The van der Waals surface area contributed by atoms with Crippen molar-refractivity contribution in [3.63, 3.8) is 0 Å². The van der Waals surface area contributed by atoms with Crippen LogP contribution in [-0.2, 0) is 9.53 Å². The molecular weight excluding hydrogens is 346 g/mol. The van der Waals surface area contributed by atoms with E-state index < -0.39 is 0 Å². The summed E-state index contributed by atoms with van der Waals surface area (Å²) in [7, 11) is 0. The van der Waals surface area contributed by atoms with Gasteiger partial charge in [-0.25, -0.2) is 4.79 Å². The van der Waals surface area contributed by atoms with Crippen molar-refractivity contribution in [2.75, 3.05) is 13.2 Å².